The van der Waals surface area contributed by atoms with Crippen molar-refractivity contribution in [2.75, 3.05) is 25.0 Å². The lowest BCUT2D eigenvalue weighted by molar-refractivity contribution is -0.130. The van der Waals surface area contributed by atoms with Gasteiger partial charge >= 0.3 is 0 Å². The van der Waals surface area contributed by atoms with Gasteiger partial charge in [0.2, 0.25) is 5.91 Å². The molecule has 1 aromatic rings. The summed E-state index contributed by atoms with van der Waals surface area (Å²) in [5.41, 5.74) is 3.00. The summed E-state index contributed by atoms with van der Waals surface area (Å²) in [6.45, 7) is 8.48. The van der Waals surface area contributed by atoms with E-state index in [1.807, 2.05) is 18.7 Å². The quantitative estimate of drug-likeness (QED) is 0.777. The van der Waals surface area contributed by atoms with Crippen molar-refractivity contribution in [2.24, 2.45) is 0 Å². The molecule has 0 aromatic heterocycles. The lowest BCUT2D eigenvalue weighted by Gasteiger charge is -2.39. The van der Waals surface area contributed by atoms with Crippen LogP contribution in [0.3, 0.4) is 0 Å². The maximum absolute atomic E-state index is 11.4. The van der Waals surface area contributed by atoms with Gasteiger partial charge < -0.3 is 10.2 Å². The van der Waals surface area contributed by atoms with Gasteiger partial charge in [-0.15, -0.1) is 0 Å². The second-order valence-electron chi connectivity index (χ2n) is 5.19. The van der Waals surface area contributed by atoms with Gasteiger partial charge in [-0.05, 0) is 24.5 Å². The van der Waals surface area contributed by atoms with Gasteiger partial charge in [-0.3, -0.25) is 4.79 Å². The third-order valence-corrected chi connectivity index (χ3v) is 4.28. The summed E-state index contributed by atoms with van der Waals surface area (Å²) in [5, 5.41) is 3.50. The number of anilines is 1. The number of nitrogens with one attached hydrogen (secondary N) is 1. The van der Waals surface area contributed by atoms with E-state index in [0.717, 1.165) is 32.5 Å². The molecule has 2 heterocycles. The number of benzene rings is 1. The highest BCUT2D eigenvalue weighted by Gasteiger charge is 2.41. The predicted octanol–water partition coefficient (Wildman–Crippen LogP) is 3.02. The molecule has 1 N–H and O–H groups in total. The minimum Gasteiger partial charge on any atom is -0.384 e. The van der Waals surface area contributed by atoms with Gasteiger partial charge in [0, 0.05) is 37.7 Å². The van der Waals surface area contributed by atoms with Crippen LogP contribution >= 0.6 is 0 Å². The molecule has 0 bridgehead atoms. The van der Waals surface area contributed by atoms with E-state index in [1.165, 1.54) is 11.3 Å². The zero-order valence-corrected chi connectivity index (χ0v) is 12.2. The SMILES string of the molecule is CC.CC(=O)N1CCC2(CC1)CNc1ccccc12. The number of hydrogen-bond acceptors (Lipinski definition) is 2. The number of nitrogens with zero attached hydrogens (tertiary/aromatic N) is 1. The molecule has 104 valence electrons. The van der Waals surface area contributed by atoms with E-state index in [-0.39, 0.29) is 11.3 Å². The second-order valence-corrected chi connectivity index (χ2v) is 5.19. The first kappa shape index (κ1) is 13.9. The summed E-state index contributed by atoms with van der Waals surface area (Å²) in [7, 11) is 0. The smallest absolute Gasteiger partial charge is 0.219 e. The molecule has 0 atom stereocenters. The Morgan fingerprint density at radius 1 is 1.21 bits per heavy atom. The second kappa shape index (κ2) is 5.64. The van der Waals surface area contributed by atoms with Crippen LogP contribution in [0.25, 0.3) is 0 Å². The van der Waals surface area contributed by atoms with E-state index in [9.17, 15) is 4.79 Å². The summed E-state index contributed by atoms with van der Waals surface area (Å²) in [5.74, 6) is 0.207. The lowest BCUT2D eigenvalue weighted by atomic mass is 9.74. The summed E-state index contributed by atoms with van der Waals surface area (Å²) >= 11 is 0. The van der Waals surface area contributed by atoms with Crippen LogP contribution in [0.2, 0.25) is 0 Å². The average Bonchev–Trinajstić information content (AvgIpc) is 2.81. The van der Waals surface area contributed by atoms with E-state index in [0.29, 0.717) is 0 Å². The number of piperidine rings is 1. The minimum atomic E-state index is 0.207. The van der Waals surface area contributed by atoms with Crippen LogP contribution < -0.4 is 5.32 Å². The van der Waals surface area contributed by atoms with E-state index in [4.69, 9.17) is 0 Å². The highest BCUT2D eigenvalue weighted by atomic mass is 16.2. The third-order valence-electron chi connectivity index (χ3n) is 4.28. The molecule has 0 radical (unpaired) electrons. The van der Waals surface area contributed by atoms with Gasteiger partial charge in [-0.1, -0.05) is 32.0 Å². The van der Waals surface area contributed by atoms with E-state index in [1.54, 1.807) is 6.92 Å². The first-order valence-electron chi connectivity index (χ1n) is 7.30. The number of carbonyl (C=O) groups excluding carboxylic acids is 1. The van der Waals surface area contributed by atoms with Crippen LogP contribution in [0, 0.1) is 0 Å². The minimum absolute atomic E-state index is 0.207. The molecule has 3 rings (SSSR count). The molecule has 1 fully saturated rings. The molecule has 3 nitrogen and oxygen atoms in total. The Morgan fingerprint density at radius 3 is 2.47 bits per heavy atom. The van der Waals surface area contributed by atoms with Crippen molar-refractivity contribution < 1.29 is 4.79 Å². The molecule has 0 aliphatic carbocycles. The Labute approximate surface area is 116 Å². The van der Waals surface area contributed by atoms with E-state index < -0.39 is 0 Å². The van der Waals surface area contributed by atoms with Crippen molar-refractivity contribution in [1.29, 1.82) is 0 Å². The molecule has 1 saturated heterocycles. The van der Waals surface area contributed by atoms with Gasteiger partial charge in [-0.25, -0.2) is 0 Å². The standard InChI is InChI=1S/C14H18N2O.C2H6/c1-11(17)16-8-6-14(7-9-16)10-15-13-5-3-2-4-12(13)14;1-2/h2-5,15H,6-10H2,1H3;1-2H3. The van der Waals surface area contributed by atoms with Crippen LogP contribution in [0.1, 0.15) is 39.2 Å². The van der Waals surface area contributed by atoms with Gasteiger partial charge in [0.25, 0.3) is 0 Å². The molecule has 2 aliphatic heterocycles. The molecule has 1 amide bonds. The van der Waals surface area contributed by atoms with Crippen molar-refractivity contribution in [3.8, 4) is 0 Å². The fourth-order valence-corrected chi connectivity index (χ4v) is 3.16. The van der Waals surface area contributed by atoms with Crippen molar-refractivity contribution in [3.63, 3.8) is 0 Å². The number of amides is 1. The van der Waals surface area contributed by atoms with Crippen LogP contribution in [-0.4, -0.2) is 30.4 Å². The summed E-state index contributed by atoms with van der Waals surface area (Å²) in [4.78, 5) is 13.3. The van der Waals surface area contributed by atoms with E-state index >= 15 is 0 Å². The summed E-state index contributed by atoms with van der Waals surface area (Å²) < 4.78 is 0. The normalized spacial score (nSPS) is 19.2. The Bertz CT molecular complexity index is 448. The molecule has 2 aliphatic rings. The van der Waals surface area contributed by atoms with Crippen molar-refractivity contribution in [2.45, 2.75) is 39.0 Å². The van der Waals surface area contributed by atoms with Gasteiger partial charge in [0.1, 0.15) is 0 Å². The van der Waals surface area contributed by atoms with Crippen molar-refractivity contribution in [3.05, 3.63) is 29.8 Å². The highest BCUT2D eigenvalue weighted by molar-refractivity contribution is 5.73. The van der Waals surface area contributed by atoms with Crippen LogP contribution in [0.4, 0.5) is 5.69 Å². The maximum atomic E-state index is 11.4. The third kappa shape index (κ3) is 2.46. The van der Waals surface area contributed by atoms with Crippen LogP contribution in [-0.2, 0) is 10.2 Å². The zero-order chi connectivity index (χ0) is 13.9. The predicted molar refractivity (Wildman–Crippen MR) is 79.4 cm³/mol. The molecule has 3 heteroatoms. The number of rotatable bonds is 0. The zero-order valence-electron chi connectivity index (χ0n) is 12.2. The summed E-state index contributed by atoms with van der Waals surface area (Å²) in [6, 6.07) is 8.58. The van der Waals surface area contributed by atoms with Gasteiger partial charge in [0.15, 0.2) is 0 Å². The van der Waals surface area contributed by atoms with Crippen LogP contribution in [0.5, 0.6) is 0 Å². The highest BCUT2D eigenvalue weighted by Crippen LogP contribution is 2.43. The fraction of sp³-hybridized carbons (Fsp3) is 0.562. The monoisotopic (exact) mass is 260 g/mol. The largest absolute Gasteiger partial charge is 0.384 e. The fourth-order valence-electron chi connectivity index (χ4n) is 3.16. The Morgan fingerprint density at radius 2 is 1.84 bits per heavy atom. The molecular formula is C16H24N2O. The molecule has 0 unspecified atom stereocenters. The molecule has 0 saturated carbocycles. The average molecular weight is 260 g/mol. The molecule has 1 spiro atoms. The Kier molecular flexibility index (Phi) is 4.13. The number of fused-ring (bicyclic) bond motifs is 2. The van der Waals surface area contributed by atoms with Crippen molar-refractivity contribution >= 4 is 11.6 Å². The van der Waals surface area contributed by atoms with E-state index in [2.05, 4.69) is 29.6 Å². The topological polar surface area (TPSA) is 32.3 Å². The van der Waals surface area contributed by atoms with Gasteiger partial charge in [-0.2, -0.15) is 0 Å². The summed E-state index contributed by atoms with van der Waals surface area (Å²) in [6.07, 6.45) is 2.16. The number of likely N-dealkylation sites (tertiary alicyclic amines) is 1. The first-order chi connectivity index (χ1) is 9.21. The van der Waals surface area contributed by atoms with Crippen LogP contribution in [0.15, 0.2) is 24.3 Å². The first-order valence-corrected chi connectivity index (χ1v) is 7.30. The number of carbonyl (C=O) groups is 1. The Balaban J connectivity index is 0.000000637. The molecule has 1 aromatic carbocycles. The lowest BCUT2D eigenvalue weighted by Crippen LogP contribution is -2.45. The molecular weight excluding hydrogens is 236 g/mol. The van der Waals surface area contributed by atoms with Crippen molar-refractivity contribution in [1.82, 2.24) is 4.90 Å². The molecule has 19 heavy (non-hydrogen) atoms. The number of hydrogen-bond donors (Lipinski definition) is 1. The Hall–Kier alpha value is -1.51. The maximum Gasteiger partial charge on any atom is 0.219 e. The van der Waals surface area contributed by atoms with Gasteiger partial charge in [0.05, 0.1) is 0 Å². The number of para-hydroxylation sites is 1.